The smallest absolute Gasteiger partial charge is 0.164 e. The third kappa shape index (κ3) is 5.67. The van der Waals surface area contributed by atoms with E-state index in [0.29, 0.717) is 22.3 Å². The Kier molecular flexibility index (Phi) is 5.95. The lowest BCUT2D eigenvalue weighted by molar-refractivity contribution is 0.669. The van der Waals surface area contributed by atoms with Gasteiger partial charge in [0.05, 0.1) is 12.3 Å². The molecule has 60 heavy (non-hydrogen) atoms. The molecule has 0 N–H and O–H groups in total. The van der Waals surface area contributed by atoms with Gasteiger partial charge in [0.1, 0.15) is 22.3 Å². The van der Waals surface area contributed by atoms with Gasteiger partial charge in [-0.2, -0.15) is 0 Å². The highest BCUT2D eigenvalue weighted by Crippen LogP contribution is 2.42. The largest absolute Gasteiger partial charge is 0.456 e. The van der Waals surface area contributed by atoms with Crippen LogP contribution in [0.2, 0.25) is 0 Å². The molecule has 0 aliphatic rings. The van der Waals surface area contributed by atoms with Crippen molar-refractivity contribution in [2.24, 2.45) is 0 Å². The van der Waals surface area contributed by atoms with Gasteiger partial charge in [-0.15, -0.1) is 0 Å². The van der Waals surface area contributed by atoms with Crippen LogP contribution in [0, 0.1) is 0 Å². The van der Waals surface area contributed by atoms with Crippen LogP contribution in [0.25, 0.3) is 122 Å². The molecular weight excluding hydrogens is 735 g/mol. The molecule has 280 valence electrons. The molecule has 0 atom stereocenters. The average Bonchev–Trinajstić information content (AvgIpc) is 3.99. The lowest BCUT2D eigenvalue weighted by Gasteiger charge is -2.13. The SMILES string of the molecule is [2H]c1c([2H])c([2H])c2c(oc3c4c([2H])c([2H])c([2H])c([2H])c4c(-c4nc(-c5cc(-c6ccccc6)cc(-c6ccccc6)c5)nc(-c5ccc6c(c5)oc5cccc(-c7ccccc7)c56)n4)c([2H])c32)c1[2H]. The number of fused-ring (bicyclic) bond motifs is 8. The van der Waals surface area contributed by atoms with Gasteiger partial charge in [-0.3, -0.25) is 0 Å². The number of nitrogens with zero attached hydrogens (tertiary/aromatic N) is 3. The van der Waals surface area contributed by atoms with Crippen molar-refractivity contribution in [2.75, 3.05) is 0 Å². The topological polar surface area (TPSA) is 65.0 Å². The molecule has 3 aromatic heterocycles. The lowest BCUT2D eigenvalue weighted by atomic mass is 9.95. The van der Waals surface area contributed by atoms with Crippen molar-refractivity contribution in [1.82, 2.24) is 15.0 Å². The van der Waals surface area contributed by atoms with Gasteiger partial charge in [-0.1, -0.05) is 151 Å². The van der Waals surface area contributed by atoms with E-state index in [1.54, 1.807) is 0 Å². The van der Waals surface area contributed by atoms with E-state index in [9.17, 15) is 4.11 Å². The van der Waals surface area contributed by atoms with Crippen molar-refractivity contribution in [1.29, 1.82) is 0 Å². The molecule has 12 rings (SSSR count). The molecule has 0 aliphatic heterocycles. The van der Waals surface area contributed by atoms with Gasteiger partial charge < -0.3 is 8.83 Å². The fraction of sp³-hybridized carbons (Fsp3) is 0. The number of hydrogen-bond donors (Lipinski definition) is 0. The van der Waals surface area contributed by atoms with Crippen molar-refractivity contribution in [3.05, 3.63) is 200 Å². The molecule has 5 nitrogen and oxygen atoms in total. The van der Waals surface area contributed by atoms with Gasteiger partial charge >= 0.3 is 0 Å². The van der Waals surface area contributed by atoms with Crippen molar-refractivity contribution < 1.29 is 21.2 Å². The predicted octanol–water partition coefficient (Wildman–Crippen LogP) is 14.8. The summed E-state index contributed by atoms with van der Waals surface area (Å²) < 4.78 is 93.5. The van der Waals surface area contributed by atoms with E-state index in [4.69, 9.17) is 32.0 Å². The van der Waals surface area contributed by atoms with Crippen LogP contribution in [0.5, 0.6) is 0 Å². The minimum Gasteiger partial charge on any atom is -0.456 e. The molecule has 0 aliphatic carbocycles. The number of rotatable bonds is 6. The Balaban J connectivity index is 1.19. The van der Waals surface area contributed by atoms with E-state index < -0.39 is 48.3 Å². The van der Waals surface area contributed by atoms with Crippen LogP contribution in [0.15, 0.2) is 209 Å². The fourth-order valence-electron chi connectivity index (χ4n) is 8.06. The summed E-state index contributed by atoms with van der Waals surface area (Å²) in [6, 6.07) is 42.9. The first-order valence-electron chi connectivity index (χ1n) is 23.9. The van der Waals surface area contributed by atoms with Gasteiger partial charge in [0.15, 0.2) is 17.5 Å². The van der Waals surface area contributed by atoms with E-state index in [0.717, 1.165) is 44.2 Å². The normalized spacial score (nSPS) is 13.8. The Morgan fingerprint density at radius 2 is 0.950 bits per heavy atom. The Morgan fingerprint density at radius 3 is 1.67 bits per heavy atom. The second kappa shape index (κ2) is 13.8. The molecule has 0 amide bonds. The van der Waals surface area contributed by atoms with Crippen molar-refractivity contribution >= 4 is 54.6 Å². The zero-order valence-electron chi connectivity index (χ0n) is 40.5. The van der Waals surface area contributed by atoms with Crippen LogP contribution in [0.3, 0.4) is 0 Å². The number of benzene rings is 9. The summed E-state index contributed by atoms with van der Waals surface area (Å²) >= 11 is 0. The molecule has 0 radical (unpaired) electrons. The first-order valence-corrected chi connectivity index (χ1v) is 19.4. The summed E-state index contributed by atoms with van der Waals surface area (Å²) in [5.74, 6) is 0.238. The molecule has 9 aromatic carbocycles. The minimum atomic E-state index is -0.574. The van der Waals surface area contributed by atoms with Crippen molar-refractivity contribution in [3.8, 4) is 67.5 Å². The summed E-state index contributed by atoms with van der Waals surface area (Å²) in [4.78, 5) is 15.3. The summed E-state index contributed by atoms with van der Waals surface area (Å²) in [5, 5.41) is 1.35. The van der Waals surface area contributed by atoms with Crippen LogP contribution in [0.1, 0.15) is 12.3 Å². The third-order valence-corrected chi connectivity index (χ3v) is 10.9. The van der Waals surface area contributed by atoms with E-state index in [1.165, 1.54) is 0 Å². The minimum absolute atomic E-state index is 0.0802. The average molecular weight is 777 g/mol. The van der Waals surface area contributed by atoms with Gasteiger partial charge in [-0.25, -0.2) is 15.0 Å². The van der Waals surface area contributed by atoms with Crippen molar-refractivity contribution in [2.45, 2.75) is 0 Å². The zero-order chi connectivity index (χ0) is 47.4. The number of para-hydroxylation sites is 1. The number of furan rings is 2. The number of hydrogen-bond acceptors (Lipinski definition) is 5. The molecule has 3 heterocycles. The van der Waals surface area contributed by atoms with Crippen LogP contribution in [-0.4, -0.2) is 15.0 Å². The molecule has 0 fully saturated rings. The maximum Gasteiger partial charge on any atom is 0.164 e. The monoisotopic (exact) mass is 776 g/mol. The zero-order valence-corrected chi connectivity index (χ0v) is 31.5. The highest BCUT2D eigenvalue weighted by Gasteiger charge is 2.21. The molecule has 0 bridgehead atoms. The van der Waals surface area contributed by atoms with E-state index in [2.05, 4.69) is 24.3 Å². The summed E-state index contributed by atoms with van der Waals surface area (Å²) in [7, 11) is 0. The predicted molar refractivity (Wildman–Crippen MR) is 245 cm³/mol. The van der Waals surface area contributed by atoms with E-state index >= 15 is 0 Å². The first kappa shape index (κ1) is 26.0. The Bertz CT molecular complexity index is 4070. The van der Waals surface area contributed by atoms with Gasteiger partial charge in [-0.05, 0) is 87.2 Å². The van der Waals surface area contributed by atoms with Gasteiger partial charge in [0, 0.05) is 43.6 Å². The maximum atomic E-state index is 9.96. The summed E-state index contributed by atoms with van der Waals surface area (Å²) in [6.45, 7) is 0. The van der Waals surface area contributed by atoms with Crippen LogP contribution in [-0.2, 0) is 0 Å². The van der Waals surface area contributed by atoms with Gasteiger partial charge in [0.25, 0.3) is 0 Å². The molecule has 12 aromatic rings. The first-order chi connectivity index (χ1) is 33.5. The molecule has 0 saturated heterocycles. The highest BCUT2D eigenvalue weighted by molar-refractivity contribution is 6.19. The Labute approximate surface area is 357 Å². The number of aromatic nitrogens is 3. The fourth-order valence-corrected chi connectivity index (χ4v) is 8.06. The van der Waals surface area contributed by atoms with E-state index in [-0.39, 0.29) is 61.8 Å². The maximum absolute atomic E-state index is 9.96. The van der Waals surface area contributed by atoms with Crippen LogP contribution in [0.4, 0.5) is 0 Å². The molecule has 0 saturated carbocycles. The quantitative estimate of drug-likeness (QED) is 0.168. The summed E-state index contributed by atoms with van der Waals surface area (Å²) in [5.41, 5.74) is 7.46. The highest BCUT2D eigenvalue weighted by atomic mass is 16.3. The second-order valence-corrected chi connectivity index (χ2v) is 14.5. The third-order valence-electron chi connectivity index (χ3n) is 10.9. The molecule has 0 spiro atoms. The molecular formula is C55H33N3O2. The van der Waals surface area contributed by atoms with Gasteiger partial charge in [0.2, 0.25) is 0 Å². The van der Waals surface area contributed by atoms with Crippen molar-refractivity contribution in [3.63, 3.8) is 0 Å². The standard InChI is InChI=1S/C55H33N3O2/c1-4-15-34(16-5-1)38-29-39(35-17-6-2-7-18-35)31-40(30-38)54-56-53(37-27-28-45-50(32-37)59-49-26-14-24-41(51(45)49)36-19-8-3-9-20-36)57-55(58-54)47-33-46-43-22-12-13-25-48(43)60-52(46)44-23-11-10-21-42(44)47/h1-33H/i10D,11D,12D,13D,21D,22D,23D,25D,33D. The summed E-state index contributed by atoms with van der Waals surface area (Å²) in [6.07, 6.45) is 0. The Hall–Kier alpha value is -8.15. The van der Waals surface area contributed by atoms with E-state index in [1.807, 2.05) is 121 Å². The van der Waals surface area contributed by atoms with Crippen LogP contribution >= 0.6 is 0 Å². The Morgan fingerprint density at radius 1 is 0.350 bits per heavy atom. The molecule has 5 heteroatoms. The van der Waals surface area contributed by atoms with Crippen LogP contribution < -0.4 is 0 Å². The second-order valence-electron chi connectivity index (χ2n) is 14.5. The molecule has 0 unspecified atom stereocenters. The lowest BCUT2D eigenvalue weighted by Crippen LogP contribution is -2.01.